The van der Waals surface area contributed by atoms with Gasteiger partial charge in [0.1, 0.15) is 0 Å². The summed E-state index contributed by atoms with van der Waals surface area (Å²) >= 11 is 1.79. The Morgan fingerprint density at radius 1 is 1.62 bits per heavy atom. The largest absolute Gasteiger partial charge is 0.312 e. The summed E-state index contributed by atoms with van der Waals surface area (Å²) in [6.45, 7) is 4.22. The first-order chi connectivity index (χ1) is 6.34. The molecule has 13 heavy (non-hydrogen) atoms. The van der Waals surface area contributed by atoms with Gasteiger partial charge in [0.2, 0.25) is 0 Å². The molecule has 0 amide bonds. The number of nitrogens with zero attached hydrogens (tertiary/aromatic N) is 1. The van der Waals surface area contributed by atoms with E-state index in [9.17, 15) is 0 Å². The van der Waals surface area contributed by atoms with E-state index in [1.165, 1.54) is 35.7 Å². The Morgan fingerprint density at radius 2 is 2.46 bits per heavy atom. The van der Waals surface area contributed by atoms with E-state index in [-0.39, 0.29) is 0 Å². The number of hydrogen-bond donors (Lipinski definition) is 1. The van der Waals surface area contributed by atoms with Crippen LogP contribution < -0.4 is 5.32 Å². The van der Waals surface area contributed by atoms with Crippen LogP contribution in [0.3, 0.4) is 0 Å². The second-order valence-electron chi connectivity index (χ2n) is 3.75. The topological polar surface area (TPSA) is 24.9 Å². The Bertz CT molecular complexity index is 266. The van der Waals surface area contributed by atoms with E-state index < -0.39 is 0 Å². The van der Waals surface area contributed by atoms with Crippen LogP contribution in [-0.4, -0.2) is 11.5 Å². The lowest BCUT2D eigenvalue weighted by Gasteiger charge is -2.00. The summed E-state index contributed by atoms with van der Waals surface area (Å²) in [4.78, 5) is 5.58. The Kier molecular flexibility index (Phi) is 2.96. The molecule has 0 spiro atoms. The Hall–Kier alpha value is -0.410. The molecule has 2 rings (SSSR count). The Morgan fingerprint density at radius 3 is 3.08 bits per heavy atom. The molecule has 0 bridgehead atoms. The molecule has 1 fully saturated rings. The monoisotopic (exact) mass is 196 g/mol. The highest BCUT2D eigenvalue weighted by molar-refractivity contribution is 7.11. The second-order valence-corrected chi connectivity index (χ2v) is 5.07. The zero-order chi connectivity index (χ0) is 9.10. The van der Waals surface area contributed by atoms with E-state index in [4.69, 9.17) is 0 Å². The first kappa shape index (κ1) is 9.16. The molecule has 1 aromatic heterocycles. The van der Waals surface area contributed by atoms with E-state index in [0.717, 1.165) is 12.5 Å². The van der Waals surface area contributed by atoms with Crippen molar-refractivity contribution < 1.29 is 0 Å². The molecule has 0 aromatic carbocycles. The molecule has 0 unspecified atom stereocenters. The van der Waals surface area contributed by atoms with Crippen LogP contribution in [0.15, 0.2) is 6.20 Å². The van der Waals surface area contributed by atoms with Crippen LogP contribution in [0.5, 0.6) is 0 Å². The van der Waals surface area contributed by atoms with E-state index in [1.54, 1.807) is 11.3 Å². The van der Waals surface area contributed by atoms with Gasteiger partial charge in [0.05, 0.1) is 5.01 Å². The van der Waals surface area contributed by atoms with Crippen molar-refractivity contribution in [3.8, 4) is 0 Å². The van der Waals surface area contributed by atoms with Crippen LogP contribution >= 0.6 is 11.3 Å². The predicted molar refractivity (Wildman–Crippen MR) is 55.9 cm³/mol. The fourth-order valence-electron chi connectivity index (χ4n) is 1.41. The fraction of sp³-hybridized carbons (Fsp3) is 0.700. The van der Waals surface area contributed by atoms with Gasteiger partial charge in [-0.15, -0.1) is 11.3 Å². The summed E-state index contributed by atoms with van der Waals surface area (Å²) in [6.07, 6.45) is 6.25. The van der Waals surface area contributed by atoms with Crippen LogP contribution in [0, 0.1) is 12.8 Å². The molecule has 1 aliphatic carbocycles. The lowest BCUT2D eigenvalue weighted by molar-refractivity contribution is 0.616. The molecule has 0 radical (unpaired) electrons. The molecule has 1 saturated carbocycles. The number of aromatic nitrogens is 1. The maximum Gasteiger partial charge on any atom is 0.0897 e. The number of hydrogen-bond acceptors (Lipinski definition) is 3. The highest BCUT2D eigenvalue weighted by Gasteiger charge is 2.19. The predicted octanol–water partition coefficient (Wildman–Crippen LogP) is 2.34. The van der Waals surface area contributed by atoms with Crippen LogP contribution in [0.2, 0.25) is 0 Å². The third-order valence-electron chi connectivity index (χ3n) is 2.39. The van der Waals surface area contributed by atoms with E-state index in [2.05, 4.69) is 17.2 Å². The standard InChI is InChI=1S/C10H16N2S/c1-8-12-7-10(13-8)6-11-5-4-9-2-3-9/h7,9,11H,2-6H2,1H3. The van der Waals surface area contributed by atoms with Crippen molar-refractivity contribution in [2.45, 2.75) is 32.7 Å². The lowest BCUT2D eigenvalue weighted by atomic mass is 10.3. The minimum atomic E-state index is 0.998. The van der Waals surface area contributed by atoms with E-state index in [0.29, 0.717) is 0 Å². The third-order valence-corrected chi connectivity index (χ3v) is 3.31. The maximum atomic E-state index is 4.22. The quantitative estimate of drug-likeness (QED) is 0.731. The first-order valence-corrected chi connectivity index (χ1v) is 5.78. The first-order valence-electron chi connectivity index (χ1n) is 4.96. The number of aryl methyl sites for hydroxylation is 1. The van der Waals surface area contributed by atoms with Crippen LogP contribution in [0.25, 0.3) is 0 Å². The van der Waals surface area contributed by atoms with Crippen molar-refractivity contribution in [1.29, 1.82) is 0 Å². The van der Waals surface area contributed by atoms with Gasteiger partial charge in [0.25, 0.3) is 0 Å². The molecule has 1 aromatic rings. The van der Waals surface area contributed by atoms with Crippen LogP contribution in [0.1, 0.15) is 29.1 Å². The molecule has 0 atom stereocenters. The zero-order valence-electron chi connectivity index (χ0n) is 8.05. The van der Waals surface area contributed by atoms with Gasteiger partial charge in [0.15, 0.2) is 0 Å². The SMILES string of the molecule is Cc1ncc(CNCCC2CC2)s1. The molecule has 0 saturated heterocycles. The minimum Gasteiger partial charge on any atom is -0.312 e. The molecule has 1 aliphatic rings. The van der Waals surface area contributed by atoms with Gasteiger partial charge in [-0.1, -0.05) is 12.8 Å². The van der Waals surface area contributed by atoms with Crippen molar-refractivity contribution in [1.82, 2.24) is 10.3 Å². The number of nitrogens with one attached hydrogen (secondary N) is 1. The van der Waals surface area contributed by atoms with Crippen molar-refractivity contribution in [3.05, 3.63) is 16.1 Å². The number of thiazole rings is 1. The summed E-state index contributed by atoms with van der Waals surface area (Å²) < 4.78 is 0. The molecular weight excluding hydrogens is 180 g/mol. The zero-order valence-corrected chi connectivity index (χ0v) is 8.86. The van der Waals surface area contributed by atoms with Gasteiger partial charge < -0.3 is 5.32 Å². The summed E-state index contributed by atoms with van der Waals surface area (Å²) in [6, 6.07) is 0. The average Bonchev–Trinajstić information content (AvgIpc) is 2.84. The van der Waals surface area contributed by atoms with Gasteiger partial charge in [-0.05, 0) is 25.8 Å². The molecule has 1 heterocycles. The van der Waals surface area contributed by atoms with Crippen molar-refractivity contribution in [2.75, 3.05) is 6.54 Å². The summed E-state index contributed by atoms with van der Waals surface area (Å²) in [5.74, 6) is 1.04. The van der Waals surface area contributed by atoms with Crippen LogP contribution in [0.4, 0.5) is 0 Å². The fourth-order valence-corrected chi connectivity index (χ4v) is 2.18. The average molecular weight is 196 g/mol. The summed E-state index contributed by atoms with van der Waals surface area (Å²) in [7, 11) is 0. The summed E-state index contributed by atoms with van der Waals surface area (Å²) in [5.41, 5.74) is 0. The smallest absolute Gasteiger partial charge is 0.0897 e. The normalized spacial score (nSPS) is 16.4. The molecule has 2 nitrogen and oxygen atoms in total. The molecular formula is C10H16N2S. The Labute approximate surface area is 83.4 Å². The van der Waals surface area contributed by atoms with Crippen molar-refractivity contribution in [3.63, 3.8) is 0 Å². The Balaban J connectivity index is 1.61. The molecule has 0 aliphatic heterocycles. The van der Waals surface area contributed by atoms with E-state index >= 15 is 0 Å². The van der Waals surface area contributed by atoms with Gasteiger partial charge in [-0.25, -0.2) is 4.98 Å². The lowest BCUT2D eigenvalue weighted by Crippen LogP contribution is -2.14. The number of rotatable bonds is 5. The van der Waals surface area contributed by atoms with E-state index in [1.807, 2.05) is 6.20 Å². The second kappa shape index (κ2) is 4.20. The highest BCUT2D eigenvalue weighted by Crippen LogP contribution is 2.31. The van der Waals surface area contributed by atoms with Crippen molar-refractivity contribution in [2.24, 2.45) is 5.92 Å². The van der Waals surface area contributed by atoms with Crippen molar-refractivity contribution >= 4 is 11.3 Å². The third kappa shape index (κ3) is 3.08. The molecule has 1 N–H and O–H groups in total. The van der Waals surface area contributed by atoms with Gasteiger partial charge >= 0.3 is 0 Å². The molecule has 3 heteroatoms. The maximum absolute atomic E-state index is 4.22. The van der Waals surface area contributed by atoms with Gasteiger partial charge in [0, 0.05) is 17.6 Å². The highest BCUT2D eigenvalue weighted by atomic mass is 32.1. The van der Waals surface area contributed by atoms with Crippen LogP contribution in [-0.2, 0) is 6.54 Å². The molecule has 72 valence electrons. The minimum absolute atomic E-state index is 0.998. The summed E-state index contributed by atoms with van der Waals surface area (Å²) in [5, 5.41) is 4.62. The van der Waals surface area contributed by atoms with Gasteiger partial charge in [-0.3, -0.25) is 0 Å². The van der Waals surface area contributed by atoms with Gasteiger partial charge in [-0.2, -0.15) is 0 Å².